The normalized spacial score (nSPS) is 11.5. The second-order valence-electron chi connectivity index (χ2n) is 3.80. The summed E-state index contributed by atoms with van der Waals surface area (Å²) in [5, 5.41) is 0. The molecule has 2 aromatic heterocycles. The first-order chi connectivity index (χ1) is 10.2. The number of hydrogen-bond donors (Lipinski definition) is 2. The van der Waals surface area contributed by atoms with E-state index in [4.69, 9.17) is 11.5 Å². The van der Waals surface area contributed by atoms with Gasteiger partial charge >= 0.3 is 0 Å². The lowest BCUT2D eigenvalue weighted by atomic mass is 10.2. The zero-order valence-corrected chi connectivity index (χ0v) is 13.1. The predicted octanol–water partition coefficient (Wildman–Crippen LogP) is 3.34. The summed E-state index contributed by atoms with van der Waals surface area (Å²) in [5.74, 6) is 0. The summed E-state index contributed by atoms with van der Waals surface area (Å²) in [5.41, 5.74) is 14.4. The standard InChI is InChI=1S/C14H13BrN4.C2H4/c15-14-6-3-5-13(19-14)11(17)8-7-10(16)12-4-1-2-9-18-12;1-2/h1-9H,16-17H2;1-2H2/b10-7-,11-8-;. The first kappa shape index (κ1) is 16.7. The molecule has 4 N–H and O–H groups in total. The smallest absolute Gasteiger partial charge is 0.106 e. The van der Waals surface area contributed by atoms with E-state index >= 15 is 0 Å². The van der Waals surface area contributed by atoms with Crippen molar-refractivity contribution in [1.29, 1.82) is 0 Å². The molecule has 21 heavy (non-hydrogen) atoms. The van der Waals surface area contributed by atoms with Crippen LogP contribution in [0.25, 0.3) is 11.4 Å². The predicted molar refractivity (Wildman–Crippen MR) is 91.8 cm³/mol. The van der Waals surface area contributed by atoms with E-state index < -0.39 is 0 Å². The van der Waals surface area contributed by atoms with E-state index in [0.29, 0.717) is 22.8 Å². The number of allylic oxidation sites excluding steroid dienone is 2. The van der Waals surface area contributed by atoms with Gasteiger partial charge in [0, 0.05) is 6.20 Å². The average molecular weight is 345 g/mol. The molecule has 0 bridgehead atoms. The molecule has 5 heteroatoms. The van der Waals surface area contributed by atoms with Crippen LogP contribution in [0.5, 0.6) is 0 Å². The van der Waals surface area contributed by atoms with Crippen molar-refractivity contribution >= 4 is 27.3 Å². The lowest BCUT2D eigenvalue weighted by Gasteiger charge is -2.01. The fraction of sp³-hybridized carbons (Fsp3) is 0. The molecule has 2 aromatic rings. The molecular formula is C16H17BrN4. The first-order valence-corrected chi connectivity index (χ1v) is 6.93. The van der Waals surface area contributed by atoms with Crippen LogP contribution < -0.4 is 11.5 Å². The molecule has 0 fully saturated rings. The zero-order valence-electron chi connectivity index (χ0n) is 11.5. The number of nitrogens with zero attached hydrogens (tertiary/aromatic N) is 2. The third-order valence-electron chi connectivity index (χ3n) is 2.41. The largest absolute Gasteiger partial charge is 0.397 e. The average Bonchev–Trinajstić information content (AvgIpc) is 2.55. The minimum Gasteiger partial charge on any atom is -0.397 e. The number of hydrogen-bond acceptors (Lipinski definition) is 4. The number of nitrogens with two attached hydrogens (primary N) is 2. The molecule has 0 saturated carbocycles. The van der Waals surface area contributed by atoms with Crippen LogP contribution in [-0.4, -0.2) is 9.97 Å². The molecule has 0 atom stereocenters. The summed E-state index contributed by atoms with van der Waals surface area (Å²) < 4.78 is 0.739. The fourth-order valence-corrected chi connectivity index (χ4v) is 1.80. The molecule has 0 unspecified atom stereocenters. The van der Waals surface area contributed by atoms with Crippen LogP contribution in [0, 0.1) is 0 Å². The van der Waals surface area contributed by atoms with Crippen molar-refractivity contribution in [3.63, 3.8) is 0 Å². The van der Waals surface area contributed by atoms with Crippen LogP contribution in [0.2, 0.25) is 0 Å². The fourth-order valence-electron chi connectivity index (χ4n) is 1.45. The van der Waals surface area contributed by atoms with E-state index in [0.717, 1.165) is 4.60 Å². The Balaban J connectivity index is 0.00000106. The maximum atomic E-state index is 5.95. The van der Waals surface area contributed by atoms with Crippen molar-refractivity contribution in [3.05, 3.63) is 83.9 Å². The van der Waals surface area contributed by atoms with E-state index in [-0.39, 0.29) is 0 Å². The highest BCUT2D eigenvalue weighted by atomic mass is 79.9. The van der Waals surface area contributed by atoms with Gasteiger partial charge in [0.05, 0.1) is 22.8 Å². The van der Waals surface area contributed by atoms with Gasteiger partial charge in [-0.25, -0.2) is 4.98 Å². The van der Waals surface area contributed by atoms with E-state index in [2.05, 4.69) is 39.1 Å². The third-order valence-corrected chi connectivity index (χ3v) is 2.86. The highest BCUT2D eigenvalue weighted by Crippen LogP contribution is 2.12. The molecule has 2 heterocycles. The molecule has 4 nitrogen and oxygen atoms in total. The molecule has 0 aliphatic rings. The lowest BCUT2D eigenvalue weighted by molar-refractivity contribution is 1.22. The molecule has 0 spiro atoms. The maximum Gasteiger partial charge on any atom is 0.106 e. The summed E-state index contributed by atoms with van der Waals surface area (Å²) >= 11 is 3.30. The van der Waals surface area contributed by atoms with Gasteiger partial charge in [-0.1, -0.05) is 12.1 Å². The van der Waals surface area contributed by atoms with E-state index in [1.54, 1.807) is 18.3 Å². The lowest BCUT2D eigenvalue weighted by Crippen LogP contribution is -2.01. The van der Waals surface area contributed by atoms with Crippen LogP contribution >= 0.6 is 15.9 Å². The van der Waals surface area contributed by atoms with Crippen molar-refractivity contribution in [2.45, 2.75) is 0 Å². The molecule has 0 aromatic carbocycles. The Hall–Kier alpha value is -2.40. The maximum absolute atomic E-state index is 5.95. The molecule has 0 aliphatic carbocycles. The second-order valence-corrected chi connectivity index (χ2v) is 4.62. The molecule has 0 radical (unpaired) electrons. The number of aromatic nitrogens is 2. The van der Waals surface area contributed by atoms with Crippen molar-refractivity contribution in [2.24, 2.45) is 11.5 Å². The van der Waals surface area contributed by atoms with Crippen LogP contribution in [-0.2, 0) is 0 Å². The Kier molecular flexibility index (Phi) is 6.91. The minimum atomic E-state index is 0.542. The SMILES string of the molecule is C=C.N/C(=C\C=C(/N)c1cccc(Br)n1)c1ccccn1. The summed E-state index contributed by atoms with van der Waals surface area (Å²) in [7, 11) is 0. The molecule has 0 aliphatic heterocycles. The third kappa shape index (κ3) is 5.24. The topological polar surface area (TPSA) is 77.8 Å². The summed E-state index contributed by atoms with van der Waals surface area (Å²) in [6.45, 7) is 6.00. The van der Waals surface area contributed by atoms with Gasteiger partial charge in [0.25, 0.3) is 0 Å². The number of rotatable bonds is 3. The highest BCUT2D eigenvalue weighted by Gasteiger charge is 1.99. The van der Waals surface area contributed by atoms with Gasteiger partial charge in [-0.3, -0.25) is 4.98 Å². The molecule has 0 saturated heterocycles. The highest BCUT2D eigenvalue weighted by molar-refractivity contribution is 9.10. The van der Waals surface area contributed by atoms with Crippen LogP contribution in [0.4, 0.5) is 0 Å². The number of pyridine rings is 2. The van der Waals surface area contributed by atoms with Crippen molar-refractivity contribution in [1.82, 2.24) is 9.97 Å². The summed E-state index contributed by atoms with van der Waals surface area (Å²) in [6, 6.07) is 11.1. The van der Waals surface area contributed by atoms with Gasteiger partial charge in [0.1, 0.15) is 4.60 Å². The summed E-state index contributed by atoms with van der Waals surface area (Å²) in [4.78, 5) is 8.42. The molecular weight excluding hydrogens is 328 g/mol. The minimum absolute atomic E-state index is 0.542. The zero-order chi connectivity index (χ0) is 15.7. The van der Waals surface area contributed by atoms with E-state index in [9.17, 15) is 0 Å². The molecule has 2 rings (SSSR count). The van der Waals surface area contributed by atoms with Gasteiger partial charge in [0.2, 0.25) is 0 Å². The Labute approximate surface area is 133 Å². The Bertz CT molecular complexity index is 636. The Morgan fingerprint density at radius 1 is 0.952 bits per heavy atom. The van der Waals surface area contributed by atoms with Crippen molar-refractivity contribution < 1.29 is 0 Å². The Morgan fingerprint density at radius 3 is 2.14 bits per heavy atom. The number of halogens is 1. The van der Waals surface area contributed by atoms with Crippen LogP contribution in [0.15, 0.2) is 72.5 Å². The quantitative estimate of drug-likeness (QED) is 0.508. The Morgan fingerprint density at radius 2 is 1.57 bits per heavy atom. The summed E-state index contributed by atoms with van der Waals surface area (Å²) in [6.07, 6.45) is 5.14. The van der Waals surface area contributed by atoms with E-state index in [1.807, 2.05) is 36.4 Å². The second kappa shape index (κ2) is 8.71. The van der Waals surface area contributed by atoms with Gasteiger partial charge in [0.15, 0.2) is 0 Å². The van der Waals surface area contributed by atoms with Crippen molar-refractivity contribution in [3.8, 4) is 0 Å². The van der Waals surface area contributed by atoms with Gasteiger partial charge in [-0.2, -0.15) is 0 Å². The van der Waals surface area contributed by atoms with Crippen LogP contribution in [0.1, 0.15) is 11.4 Å². The monoisotopic (exact) mass is 344 g/mol. The van der Waals surface area contributed by atoms with Gasteiger partial charge in [-0.05, 0) is 52.3 Å². The van der Waals surface area contributed by atoms with Gasteiger partial charge in [-0.15, -0.1) is 13.2 Å². The van der Waals surface area contributed by atoms with E-state index in [1.165, 1.54) is 0 Å². The molecule has 108 valence electrons. The first-order valence-electron chi connectivity index (χ1n) is 6.14. The molecule has 0 amide bonds. The van der Waals surface area contributed by atoms with Crippen LogP contribution in [0.3, 0.4) is 0 Å². The van der Waals surface area contributed by atoms with Crippen molar-refractivity contribution in [2.75, 3.05) is 0 Å². The van der Waals surface area contributed by atoms with Gasteiger partial charge < -0.3 is 11.5 Å².